The molecule has 2 N–H and O–H groups in total. The summed E-state index contributed by atoms with van der Waals surface area (Å²) >= 11 is 0. The van der Waals surface area contributed by atoms with Gasteiger partial charge in [-0.25, -0.2) is 0 Å². The smallest absolute Gasteiger partial charge is 0.272 e. The summed E-state index contributed by atoms with van der Waals surface area (Å²) in [5.41, 5.74) is 2.41. The lowest BCUT2D eigenvalue weighted by molar-refractivity contribution is 0.0876. The van der Waals surface area contributed by atoms with Crippen LogP contribution >= 0.6 is 0 Å². The minimum atomic E-state index is -0.120. The van der Waals surface area contributed by atoms with E-state index in [4.69, 9.17) is 9.47 Å². The van der Waals surface area contributed by atoms with E-state index < -0.39 is 0 Å². The van der Waals surface area contributed by atoms with Crippen molar-refractivity contribution in [2.45, 2.75) is 44.4 Å². The lowest BCUT2D eigenvalue weighted by Gasteiger charge is -2.34. The van der Waals surface area contributed by atoms with Gasteiger partial charge in [0.15, 0.2) is 5.69 Å². The van der Waals surface area contributed by atoms with Crippen molar-refractivity contribution in [3.8, 4) is 0 Å². The van der Waals surface area contributed by atoms with Crippen LogP contribution in [0.15, 0.2) is 0 Å². The van der Waals surface area contributed by atoms with E-state index in [1.54, 1.807) is 0 Å². The molecule has 0 saturated carbocycles. The first-order chi connectivity index (χ1) is 11.3. The minimum Gasteiger partial charge on any atom is -0.378 e. The van der Waals surface area contributed by atoms with Gasteiger partial charge in [-0.3, -0.25) is 14.8 Å². The molecule has 7 nitrogen and oxygen atoms in total. The van der Waals surface area contributed by atoms with E-state index in [0.717, 1.165) is 30.8 Å². The first kappa shape index (κ1) is 15.1. The maximum atomic E-state index is 12.6. The number of aromatic amines is 1. The van der Waals surface area contributed by atoms with Gasteiger partial charge in [-0.15, -0.1) is 0 Å². The molecule has 23 heavy (non-hydrogen) atoms. The van der Waals surface area contributed by atoms with Crippen LogP contribution in [0.3, 0.4) is 0 Å². The number of nitrogens with one attached hydrogen (secondary N) is 2. The molecule has 2 fully saturated rings. The molecule has 126 valence electrons. The largest absolute Gasteiger partial charge is 0.378 e. The van der Waals surface area contributed by atoms with Gasteiger partial charge in [0.1, 0.15) is 0 Å². The molecule has 3 aliphatic rings. The van der Waals surface area contributed by atoms with Crippen LogP contribution in [-0.2, 0) is 22.5 Å². The van der Waals surface area contributed by atoms with Crippen LogP contribution < -0.4 is 5.32 Å². The number of carbonyl (C=O) groups excluding carboxylic acids is 1. The highest BCUT2D eigenvalue weighted by Gasteiger charge is 2.35. The molecule has 0 bridgehead atoms. The first-order valence-electron chi connectivity index (χ1n) is 8.59. The van der Waals surface area contributed by atoms with Crippen molar-refractivity contribution in [1.82, 2.24) is 20.4 Å². The lowest BCUT2D eigenvalue weighted by atomic mass is 10.0. The summed E-state index contributed by atoms with van der Waals surface area (Å²) in [5, 5.41) is 10.3. The van der Waals surface area contributed by atoms with E-state index in [0.29, 0.717) is 32.1 Å². The Kier molecular flexibility index (Phi) is 4.33. The number of H-pyrrole nitrogens is 1. The highest BCUT2D eigenvalue weighted by Crippen LogP contribution is 2.21. The summed E-state index contributed by atoms with van der Waals surface area (Å²) in [5.74, 6) is -0.120. The number of hydrogen-bond acceptors (Lipinski definition) is 5. The van der Waals surface area contributed by atoms with Crippen LogP contribution in [0.5, 0.6) is 0 Å². The molecule has 4 rings (SSSR count). The van der Waals surface area contributed by atoms with Gasteiger partial charge in [0.05, 0.1) is 38.5 Å². The minimum absolute atomic E-state index is 0.0393. The number of likely N-dealkylation sites (tertiary alicyclic amines) is 1. The Morgan fingerprint density at radius 1 is 1.22 bits per heavy atom. The van der Waals surface area contributed by atoms with Crippen LogP contribution in [0.25, 0.3) is 0 Å². The Morgan fingerprint density at radius 3 is 2.96 bits per heavy atom. The first-order valence-corrected chi connectivity index (χ1v) is 8.59. The van der Waals surface area contributed by atoms with E-state index in [9.17, 15) is 4.79 Å². The van der Waals surface area contributed by atoms with Crippen LogP contribution in [-0.4, -0.2) is 66.0 Å². The van der Waals surface area contributed by atoms with E-state index in [-0.39, 0.29) is 18.0 Å². The average Bonchev–Trinajstić information content (AvgIpc) is 3.22. The molecule has 0 aromatic carbocycles. The van der Waals surface area contributed by atoms with Crippen LogP contribution in [0.2, 0.25) is 0 Å². The summed E-state index contributed by atoms with van der Waals surface area (Å²) in [6.45, 7) is 4.63. The molecule has 0 spiro atoms. The maximum Gasteiger partial charge on any atom is 0.272 e. The number of fused-ring (bicyclic) bond motifs is 1. The van der Waals surface area contributed by atoms with Crippen molar-refractivity contribution in [2.75, 3.05) is 32.9 Å². The summed E-state index contributed by atoms with van der Waals surface area (Å²) in [4.78, 5) is 15.1. The number of rotatable bonds is 3. The van der Waals surface area contributed by atoms with Crippen LogP contribution in [0.4, 0.5) is 0 Å². The zero-order valence-electron chi connectivity index (χ0n) is 13.3. The molecule has 3 aliphatic heterocycles. The van der Waals surface area contributed by atoms with Gasteiger partial charge in [-0.1, -0.05) is 6.42 Å². The molecule has 1 aromatic heterocycles. The third-order valence-electron chi connectivity index (χ3n) is 5.14. The Bertz CT molecular complexity index is 568. The highest BCUT2D eigenvalue weighted by molar-refractivity contribution is 5.94. The van der Waals surface area contributed by atoms with E-state index >= 15 is 0 Å². The molecule has 4 heterocycles. The molecule has 2 saturated heterocycles. The second-order valence-corrected chi connectivity index (χ2v) is 6.61. The topological polar surface area (TPSA) is 79.5 Å². The Balaban J connectivity index is 1.44. The van der Waals surface area contributed by atoms with E-state index in [1.165, 1.54) is 19.3 Å². The molecule has 1 aromatic rings. The molecule has 0 unspecified atom stereocenters. The lowest BCUT2D eigenvalue weighted by Crippen LogP contribution is -2.52. The molecule has 1 amide bonds. The number of amides is 1. The normalized spacial score (nSPS) is 28.5. The Hall–Kier alpha value is -1.44. The summed E-state index contributed by atoms with van der Waals surface area (Å²) < 4.78 is 11.1. The summed E-state index contributed by atoms with van der Waals surface area (Å²) in [6.07, 6.45) is 4.57. The van der Waals surface area contributed by atoms with Gasteiger partial charge in [0.2, 0.25) is 0 Å². The van der Waals surface area contributed by atoms with Gasteiger partial charge >= 0.3 is 0 Å². The number of hydrogen-bond donors (Lipinski definition) is 2. The van der Waals surface area contributed by atoms with E-state index in [1.807, 2.05) is 0 Å². The standard InChI is InChI=1S/C16H24N4O3/c21-16(15-11-8-22-7-4-12(11)18-19-15)17-13-9-23-10-14(13)20-5-2-1-3-6-20/h13-14H,1-10H2,(H,17,21)(H,18,19)/t13-,14-/m0/s1. The van der Waals surface area contributed by atoms with E-state index in [2.05, 4.69) is 20.4 Å². The van der Waals surface area contributed by atoms with Gasteiger partial charge in [0.25, 0.3) is 5.91 Å². The number of ether oxygens (including phenoxy) is 2. The predicted molar refractivity (Wildman–Crippen MR) is 83.2 cm³/mol. The molecule has 7 heteroatoms. The summed E-state index contributed by atoms with van der Waals surface area (Å²) in [7, 11) is 0. The van der Waals surface area contributed by atoms with Crippen LogP contribution in [0.1, 0.15) is 41.0 Å². The van der Waals surface area contributed by atoms with Gasteiger partial charge in [-0.05, 0) is 25.9 Å². The third-order valence-corrected chi connectivity index (χ3v) is 5.14. The fourth-order valence-corrected chi connectivity index (χ4v) is 3.83. The van der Waals surface area contributed by atoms with Crippen molar-refractivity contribution >= 4 is 5.91 Å². The summed E-state index contributed by atoms with van der Waals surface area (Å²) in [6, 6.07) is 0.322. The number of piperidine rings is 1. The zero-order valence-corrected chi connectivity index (χ0v) is 13.3. The van der Waals surface area contributed by atoms with Crippen LogP contribution in [0, 0.1) is 0 Å². The van der Waals surface area contributed by atoms with Crippen molar-refractivity contribution in [3.05, 3.63) is 17.0 Å². The van der Waals surface area contributed by atoms with Gasteiger partial charge in [-0.2, -0.15) is 5.10 Å². The molecular formula is C16H24N4O3. The van der Waals surface area contributed by atoms with Crippen molar-refractivity contribution < 1.29 is 14.3 Å². The maximum absolute atomic E-state index is 12.6. The third kappa shape index (κ3) is 3.00. The Labute approximate surface area is 135 Å². The van der Waals surface area contributed by atoms with Crippen molar-refractivity contribution in [2.24, 2.45) is 0 Å². The molecule has 0 aliphatic carbocycles. The number of carbonyl (C=O) groups is 1. The zero-order chi connectivity index (χ0) is 15.6. The Morgan fingerprint density at radius 2 is 2.09 bits per heavy atom. The monoisotopic (exact) mass is 320 g/mol. The quantitative estimate of drug-likeness (QED) is 0.846. The molecule has 2 atom stereocenters. The average molecular weight is 320 g/mol. The van der Waals surface area contributed by atoms with Crippen molar-refractivity contribution in [1.29, 1.82) is 0 Å². The predicted octanol–water partition coefficient (Wildman–Crippen LogP) is 0.465. The molecule has 0 radical (unpaired) electrons. The second kappa shape index (κ2) is 6.59. The van der Waals surface area contributed by atoms with Gasteiger partial charge < -0.3 is 14.8 Å². The number of nitrogens with zero attached hydrogens (tertiary/aromatic N) is 2. The highest BCUT2D eigenvalue weighted by atomic mass is 16.5. The van der Waals surface area contributed by atoms with Gasteiger partial charge in [0, 0.05) is 17.7 Å². The second-order valence-electron chi connectivity index (χ2n) is 6.61. The fraction of sp³-hybridized carbons (Fsp3) is 0.750. The molecular weight excluding hydrogens is 296 g/mol. The van der Waals surface area contributed by atoms with Crippen molar-refractivity contribution in [3.63, 3.8) is 0 Å². The number of aromatic nitrogens is 2. The SMILES string of the molecule is O=C(N[C@H]1COC[C@@H]1N1CCCCC1)c1n[nH]c2c1COCC2. The fourth-order valence-electron chi connectivity index (χ4n) is 3.83.